The minimum atomic E-state index is 0.628. The van der Waals surface area contributed by atoms with Crippen LogP contribution in [0, 0.1) is 0 Å². The van der Waals surface area contributed by atoms with E-state index in [9.17, 15) is 0 Å². The topological polar surface area (TPSA) is 40.6 Å². The largest absolute Gasteiger partial charge is 0.309 e. The van der Waals surface area contributed by atoms with Crippen LogP contribution in [0.4, 0.5) is 0 Å². The van der Waals surface area contributed by atoms with Crippen molar-refractivity contribution in [2.45, 2.75) is 0 Å². The maximum Gasteiger partial charge on any atom is 0.235 e. The van der Waals surface area contributed by atoms with Crippen molar-refractivity contribution in [2.24, 2.45) is 0 Å². The number of hydrogen-bond donors (Lipinski definition) is 0. The molecule has 13 aromatic rings. The number of nitrogens with zero attached hydrogens (tertiary/aromatic N) is 5. The van der Waals surface area contributed by atoms with Gasteiger partial charge in [0.2, 0.25) is 5.95 Å². The van der Waals surface area contributed by atoms with E-state index in [1.165, 1.54) is 43.6 Å². The molecule has 0 N–H and O–H groups in total. The van der Waals surface area contributed by atoms with Gasteiger partial charge in [0.05, 0.1) is 44.5 Å². The molecule has 0 saturated heterocycles. The third-order valence-corrected chi connectivity index (χ3v) is 12.7. The maximum absolute atomic E-state index is 5.34. The van der Waals surface area contributed by atoms with Crippen molar-refractivity contribution in [3.63, 3.8) is 0 Å². The number of hydrogen-bond acceptors (Lipinski definition) is 2. The van der Waals surface area contributed by atoms with Gasteiger partial charge < -0.3 is 9.13 Å². The van der Waals surface area contributed by atoms with E-state index in [0.29, 0.717) is 5.95 Å². The highest BCUT2D eigenvalue weighted by molar-refractivity contribution is 6.14. The van der Waals surface area contributed by atoms with Crippen LogP contribution in [-0.2, 0) is 0 Å². The highest BCUT2D eigenvalue weighted by Crippen LogP contribution is 2.40. The summed E-state index contributed by atoms with van der Waals surface area (Å²) in [6.45, 7) is 0. The number of aromatic nitrogens is 5. The van der Waals surface area contributed by atoms with Gasteiger partial charge in [-0.2, -0.15) is 0 Å². The van der Waals surface area contributed by atoms with Crippen molar-refractivity contribution in [3.05, 3.63) is 224 Å². The van der Waals surface area contributed by atoms with Crippen LogP contribution in [0.1, 0.15) is 0 Å². The van der Waals surface area contributed by atoms with Gasteiger partial charge in [0.1, 0.15) is 0 Å². The summed E-state index contributed by atoms with van der Waals surface area (Å²) in [6, 6.07) is 80.3. The van der Waals surface area contributed by atoms with Crippen LogP contribution in [-0.4, -0.2) is 23.7 Å². The van der Waals surface area contributed by atoms with Gasteiger partial charge in [-0.15, -0.1) is 0 Å². The van der Waals surface area contributed by atoms with Crippen LogP contribution in [0.15, 0.2) is 224 Å². The molecular weight excluding hydrogens is 767 g/mol. The SMILES string of the molecule is c1ccc(-c2cc(-c3ccccc3)nc(-n3c4ccc(-c5ccc6c(c5)c5ccccc5n6-c5ccccc5)cc4c4cc(-n5c6ccccc6c6ccccc65)ccc43)n2)cc1. The molecule has 4 aromatic heterocycles. The van der Waals surface area contributed by atoms with Gasteiger partial charge >= 0.3 is 0 Å². The van der Waals surface area contributed by atoms with Crippen molar-refractivity contribution in [3.8, 4) is 51.0 Å². The molecular formula is C58H37N5. The van der Waals surface area contributed by atoms with Crippen LogP contribution in [0.5, 0.6) is 0 Å². The Kier molecular flexibility index (Phi) is 7.84. The number of fused-ring (bicyclic) bond motifs is 9. The summed E-state index contributed by atoms with van der Waals surface area (Å²) in [7, 11) is 0. The number of benzene rings is 9. The molecule has 9 aromatic carbocycles. The zero-order valence-electron chi connectivity index (χ0n) is 34.1. The minimum Gasteiger partial charge on any atom is -0.309 e. The van der Waals surface area contributed by atoms with E-state index < -0.39 is 0 Å². The molecule has 0 saturated carbocycles. The fraction of sp³-hybridized carbons (Fsp3) is 0. The molecule has 0 atom stereocenters. The average molecular weight is 804 g/mol. The molecule has 0 amide bonds. The highest BCUT2D eigenvalue weighted by atomic mass is 15.2. The van der Waals surface area contributed by atoms with E-state index in [4.69, 9.17) is 9.97 Å². The monoisotopic (exact) mass is 803 g/mol. The molecule has 0 bridgehead atoms. The van der Waals surface area contributed by atoms with E-state index in [1.54, 1.807) is 0 Å². The molecule has 294 valence electrons. The third-order valence-electron chi connectivity index (χ3n) is 12.7. The lowest BCUT2D eigenvalue weighted by Gasteiger charge is -2.12. The Morgan fingerprint density at radius 2 is 0.619 bits per heavy atom. The second kappa shape index (κ2) is 14.0. The Balaban J connectivity index is 1.07. The number of para-hydroxylation sites is 4. The summed E-state index contributed by atoms with van der Waals surface area (Å²) in [5.41, 5.74) is 15.2. The predicted molar refractivity (Wildman–Crippen MR) is 261 cm³/mol. The summed E-state index contributed by atoms with van der Waals surface area (Å²) in [6.07, 6.45) is 0. The molecule has 5 nitrogen and oxygen atoms in total. The summed E-state index contributed by atoms with van der Waals surface area (Å²) in [4.78, 5) is 10.7. The Hall–Kier alpha value is -8.54. The van der Waals surface area contributed by atoms with Crippen LogP contribution in [0.3, 0.4) is 0 Å². The first-order valence-corrected chi connectivity index (χ1v) is 21.4. The zero-order valence-corrected chi connectivity index (χ0v) is 34.1. The first kappa shape index (κ1) is 35.2. The second-order valence-corrected chi connectivity index (χ2v) is 16.2. The van der Waals surface area contributed by atoms with E-state index in [1.807, 2.05) is 12.1 Å². The van der Waals surface area contributed by atoms with E-state index in [2.05, 4.69) is 226 Å². The molecule has 13 rings (SSSR count). The van der Waals surface area contributed by atoms with Crippen molar-refractivity contribution >= 4 is 65.4 Å². The fourth-order valence-electron chi connectivity index (χ4n) is 9.80. The van der Waals surface area contributed by atoms with Gasteiger partial charge in [-0.1, -0.05) is 146 Å². The first-order valence-electron chi connectivity index (χ1n) is 21.4. The lowest BCUT2D eigenvalue weighted by atomic mass is 10.0. The molecule has 4 heterocycles. The fourth-order valence-corrected chi connectivity index (χ4v) is 9.80. The molecule has 0 aliphatic rings. The van der Waals surface area contributed by atoms with E-state index in [-0.39, 0.29) is 0 Å². The summed E-state index contributed by atoms with van der Waals surface area (Å²) in [5, 5.41) is 7.19. The molecule has 0 unspecified atom stereocenters. The number of rotatable bonds is 6. The van der Waals surface area contributed by atoms with Crippen molar-refractivity contribution in [1.82, 2.24) is 23.7 Å². The standard InChI is InChI=1S/C58H37N5/c1-4-16-38(17-5-1)50-37-51(39-18-6-2-7-19-39)60-58(59-50)63-56-32-29-41(40-28-31-55-47(34-40)46-24-12-15-27-54(46)61(55)42-20-8-3-9-21-42)35-48(56)49-36-43(30-33-57(49)63)62-52-25-13-10-22-44(52)45-23-11-14-26-53(45)62/h1-37H. The normalized spacial score (nSPS) is 11.8. The maximum atomic E-state index is 5.34. The highest BCUT2D eigenvalue weighted by Gasteiger charge is 2.21. The molecule has 0 spiro atoms. The van der Waals surface area contributed by atoms with Gasteiger partial charge in [0.15, 0.2) is 0 Å². The van der Waals surface area contributed by atoms with Crippen LogP contribution < -0.4 is 0 Å². The Morgan fingerprint density at radius 1 is 0.238 bits per heavy atom. The molecule has 0 radical (unpaired) electrons. The molecule has 0 fully saturated rings. The first-order chi connectivity index (χ1) is 31.2. The van der Waals surface area contributed by atoms with Gasteiger partial charge in [-0.3, -0.25) is 4.57 Å². The van der Waals surface area contributed by atoms with Crippen molar-refractivity contribution < 1.29 is 0 Å². The van der Waals surface area contributed by atoms with Gasteiger partial charge in [-0.05, 0) is 90.0 Å². The summed E-state index contributed by atoms with van der Waals surface area (Å²) < 4.78 is 7.02. The van der Waals surface area contributed by atoms with Gasteiger partial charge in [0.25, 0.3) is 0 Å². The molecule has 0 aliphatic heterocycles. The second-order valence-electron chi connectivity index (χ2n) is 16.2. The molecule has 5 heteroatoms. The zero-order chi connectivity index (χ0) is 41.4. The predicted octanol–water partition coefficient (Wildman–Crippen LogP) is 14.8. The third kappa shape index (κ3) is 5.57. The quantitative estimate of drug-likeness (QED) is 0.168. The van der Waals surface area contributed by atoms with Gasteiger partial charge in [-0.25, -0.2) is 9.97 Å². The lowest BCUT2D eigenvalue weighted by Crippen LogP contribution is -2.04. The molecule has 63 heavy (non-hydrogen) atoms. The van der Waals surface area contributed by atoms with Crippen LogP contribution in [0.25, 0.3) is 116 Å². The average Bonchev–Trinajstić information content (AvgIpc) is 3.99. The van der Waals surface area contributed by atoms with Crippen molar-refractivity contribution in [2.75, 3.05) is 0 Å². The van der Waals surface area contributed by atoms with Crippen molar-refractivity contribution in [1.29, 1.82) is 0 Å². The summed E-state index contributed by atoms with van der Waals surface area (Å²) in [5.74, 6) is 0.628. The molecule has 0 aliphatic carbocycles. The lowest BCUT2D eigenvalue weighted by molar-refractivity contribution is 0.995. The van der Waals surface area contributed by atoms with E-state index >= 15 is 0 Å². The van der Waals surface area contributed by atoms with Crippen LogP contribution >= 0.6 is 0 Å². The van der Waals surface area contributed by atoms with Crippen LogP contribution in [0.2, 0.25) is 0 Å². The smallest absolute Gasteiger partial charge is 0.235 e. The Bertz CT molecular complexity index is 3780. The Morgan fingerprint density at radius 3 is 1.16 bits per heavy atom. The van der Waals surface area contributed by atoms with E-state index in [0.717, 1.165) is 66.8 Å². The summed E-state index contributed by atoms with van der Waals surface area (Å²) >= 11 is 0. The van der Waals surface area contributed by atoms with Gasteiger partial charge in [0, 0.05) is 54.8 Å². The Labute approximate surface area is 363 Å². The minimum absolute atomic E-state index is 0.628.